The first-order valence-corrected chi connectivity index (χ1v) is 6.01. The SMILES string of the molecule is CC(C)(C)C1CCOC2(CCOCC2)N1. The van der Waals surface area contributed by atoms with Crippen molar-refractivity contribution in [2.75, 3.05) is 19.8 Å². The van der Waals surface area contributed by atoms with Crippen molar-refractivity contribution >= 4 is 0 Å². The van der Waals surface area contributed by atoms with E-state index in [0.717, 1.165) is 39.1 Å². The highest BCUT2D eigenvalue weighted by molar-refractivity contribution is 4.92. The second-order valence-electron chi connectivity index (χ2n) is 5.81. The zero-order valence-corrected chi connectivity index (χ0v) is 10.1. The minimum absolute atomic E-state index is 0.0888. The first-order valence-electron chi connectivity index (χ1n) is 6.01. The molecule has 2 aliphatic rings. The summed E-state index contributed by atoms with van der Waals surface area (Å²) < 4.78 is 11.3. The lowest BCUT2D eigenvalue weighted by molar-refractivity contribution is -0.167. The molecule has 0 amide bonds. The lowest BCUT2D eigenvalue weighted by Crippen LogP contribution is -2.62. The molecule has 2 saturated heterocycles. The Morgan fingerprint density at radius 3 is 2.40 bits per heavy atom. The number of hydrogen-bond donors (Lipinski definition) is 1. The fraction of sp³-hybridized carbons (Fsp3) is 1.00. The molecule has 1 spiro atoms. The highest BCUT2D eigenvalue weighted by Gasteiger charge is 2.41. The summed E-state index contributed by atoms with van der Waals surface area (Å²) in [5, 5.41) is 3.71. The number of nitrogens with one attached hydrogen (secondary N) is 1. The van der Waals surface area contributed by atoms with E-state index in [4.69, 9.17) is 9.47 Å². The van der Waals surface area contributed by atoms with Crippen molar-refractivity contribution in [1.29, 1.82) is 0 Å². The largest absolute Gasteiger partial charge is 0.381 e. The van der Waals surface area contributed by atoms with Crippen molar-refractivity contribution in [3.63, 3.8) is 0 Å². The van der Waals surface area contributed by atoms with Crippen LogP contribution < -0.4 is 5.32 Å². The molecule has 0 aromatic carbocycles. The third kappa shape index (κ3) is 2.52. The fourth-order valence-corrected chi connectivity index (χ4v) is 2.44. The molecule has 3 nitrogen and oxygen atoms in total. The molecule has 2 heterocycles. The second-order valence-corrected chi connectivity index (χ2v) is 5.81. The Kier molecular flexibility index (Phi) is 3.06. The summed E-state index contributed by atoms with van der Waals surface area (Å²) in [6.45, 7) is 9.41. The molecule has 0 aromatic heterocycles. The molecule has 0 aliphatic carbocycles. The summed E-state index contributed by atoms with van der Waals surface area (Å²) in [7, 11) is 0. The minimum atomic E-state index is -0.0888. The number of ether oxygens (including phenoxy) is 2. The van der Waals surface area contributed by atoms with E-state index in [0.29, 0.717) is 11.5 Å². The van der Waals surface area contributed by atoms with Crippen LogP contribution in [0.5, 0.6) is 0 Å². The van der Waals surface area contributed by atoms with Crippen molar-refractivity contribution in [2.24, 2.45) is 5.41 Å². The molecule has 1 N–H and O–H groups in total. The van der Waals surface area contributed by atoms with Gasteiger partial charge in [0.1, 0.15) is 5.72 Å². The predicted molar refractivity (Wildman–Crippen MR) is 59.7 cm³/mol. The van der Waals surface area contributed by atoms with E-state index in [9.17, 15) is 0 Å². The van der Waals surface area contributed by atoms with Crippen molar-refractivity contribution < 1.29 is 9.47 Å². The quantitative estimate of drug-likeness (QED) is 0.667. The third-order valence-corrected chi connectivity index (χ3v) is 3.57. The Bertz CT molecular complexity index is 211. The van der Waals surface area contributed by atoms with Gasteiger partial charge in [-0.1, -0.05) is 20.8 Å². The molecule has 1 unspecified atom stereocenters. The number of hydrogen-bond acceptors (Lipinski definition) is 3. The van der Waals surface area contributed by atoms with E-state index >= 15 is 0 Å². The van der Waals surface area contributed by atoms with E-state index in [2.05, 4.69) is 26.1 Å². The summed E-state index contributed by atoms with van der Waals surface area (Å²) in [6.07, 6.45) is 3.09. The molecular formula is C12H23NO2. The van der Waals surface area contributed by atoms with E-state index < -0.39 is 0 Å². The first-order chi connectivity index (χ1) is 7.02. The summed E-state index contributed by atoms with van der Waals surface area (Å²) in [5.74, 6) is 0. The highest BCUT2D eigenvalue weighted by Crippen LogP contribution is 2.32. The molecule has 3 heteroatoms. The maximum absolute atomic E-state index is 5.94. The standard InChI is InChI=1S/C12H23NO2/c1-11(2,3)10-4-7-15-12(13-10)5-8-14-9-6-12/h10,13H,4-9H2,1-3H3. The van der Waals surface area contributed by atoms with Gasteiger partial charge < -0.3 is 9.47 Å². The molecule has 2 aliphatic heterocycles. The van der Waals surface area contributed by atoms with Crippen molar-refractivity contribution in [2.45, 2.75) is 51.8 Å². The molecule has 2 fully saturated rings. The highest BCUT2D eigenvalue weighted by atomic mass is 16.5. The fourth-order valence-electron chi connectivity index (χ4n) is 2.44. The van der Waals surface area contributed by atoms with Gasteiger partial charge >= 0.3 is 0 Å². The van der Waals surface area contributed by atoms with Gasteiger partial charge in [-0.3, -0.25) is 5.32 Å². The van der Waals surface area contributed by atoms with Gasteiger partial charge in [-0.15, -0.1) is 0 Å². The van der Waals surface area contributed by atoms with Gasteiger partial charge in [0.05, 0.1) is 19.8 Å². The van der Waals surface area contributed by atoms with Crippen LogP contribution in [0.2, 0.25) is 0 Å². The normalized spacial score (nSPS) is 31.8. The van der Waals surface area contributed by atoms with Gasteiger partial charge in [0.15, 0.2) is 0 Å². The summed E-state index contributed by atoms with van der Waals surface area (Å²) >= 11 is 0. The van der Waals surface area contributed by atoms with Gasteiger partial charge in [-0.05, 0) is 11.8 Å². The van der Waals surface area contributed by atoms with E-state index in [1.807, 2.05) is 0 Å². The van der Waals surface area contributed by atoms with Crippen LogP contribution in [-0.2, 0) is 9.47 Å². The van der Waals surface area contributed by atoms with Crippen molar-refractivity contribution in [3.8, 4) is 0 Å². The van der Waals surface area contributed by atoms with Crippen LogP contribution in [0.15, 0.2) is 0 Å². The average Bonchev–Trinajstić information content (AvgIpc) is 2.18. The topological polar surface area (TPSA) is 30.5 Å². The average molecular weight is 213 g/mol. The Labute approximate surface area is 92.5 Å². The van der Waals surface area contributed by atoms with Crippen LogP contribution in [0, 0.1) is 5.41 Å². The zero-order chi connectivity index (χ0) is 10.9. The van der Waals surface area contributed by atoms with Gasteiger partial charge in [0, 0.05) is 18.9 Å². The summed E-state index contributed by atoms with van der Waals surface area (Å²) in [5.41, 5.74) is 0.226. The molecule has 1 atom stereocenters. The third-order valence-electron chi connectivity index (χ3n) is 3.57. The Balaban J connectivity index is 2.02. The monoisotopic (exact) mass is 213 g/mol. The lowest BCUT2D eigenvalue weighted by Gasteiger charge is -2.48. The molecule has 0 aromatic rings. The van der Waals surface area contributed by atoms with E-state index in [1.54, 1.807) is 0 Å². The van der Waals surface area contributed by atoms with Crippen LogP contribution in [0.4, 0.5) is 0 Å². The van der Waals surface area contributed by atoms with Crippen LogP contribution in [0.3, 0.4) is 0 Å². The molecule has 0 saturated carbocycles. The minimum Gasteiger partial charge on any atom is -0.381 e. The Hall–Kier alpha value is -0.120. The molecular weight excluding hydrogens is 190 g/mol. The predicted octanol–water partition coefficient (Wildman–Crippen LogP) is 1.92. The van der Waals surface area contributed by atoms with Gasteiger partial charge in [-0.2, -0.15) is 0 Å². The molecule has 0 radical (unpaired) electrons. The van der Waals surface area contributed by atoms with Crippen LogP contribution >= 0.6 is 0 Å². The Morgan fingerprint density at radius 1 is 1.13 bits per heavy atom. The van der Waals surface area contributed by atoms with Crippen LogP contribution in [0.25, 0.3) is 0 Å². The number of rotatable bonds is 0. The Morgan fingerprint density at radius 2 is 1.80 bits per heavy atom. The molecule has 2 rings (SSSR count). The zero-order valence-electron chi connectivity index (χ0n) is 10.1. The van der Waals surface area contributed by atoms with Crippen LogP contribution in [0.1, 0.15) is 40.0 Å². The molecule has 88 valence electrons. The van der Waals surface area contributed by atoms with Crippen molar-refractivity contribution in [3.05, 3.63) is 0 Å². The van der Waals surface area contributed by atoms with Gasteiger partial charge in [0.25, 0.3) is 0 Å². The van der Waals surface area contributed by atoms with Gasteiger partial charge in [0.2, 0.25) is 0 Å². The maximum atomic E-state index is 5.94. The van der Waals surface area contributed by atoms with Crippen molar-refractivity contribution in [1.82, 2.24) is 5.32 Å². The lowest BCUT2D eigenvalue weighted by atomic mass is 9.82. The summed E-state index contributed by atoms with van der Waals surface area (Å²) in [4.78, 5) is 0. The van der Waals surface area contributed by atoms with E-state index in [1.165, 1.54) is 0 Å². The van der Waals surface area contributed by atoms with Crippen LogP contribution in [-0.4, -0.2) is 31.6 Å². The smallest absolute Gasteiger partial charge is 0.123 e. The first kappa shape index (κ1) is 11.4. The molecule has 0 bridgehead atoms. The second kappa shape index (κ2) is 4.04. The maximum Gasteiger partial charge on any atom is 0.123 e. The summed E-state index contributed by atoms with van der Waals surface area (Å²) in [6, 6.07) is 0.560. The van der Waals surface area contributed by atoms with Gasteiger partial charge in [-0.25, -0.2) is 0 Å². The van der Waals surface area contributed by atoms with E-state index in [-0.39, 0.29) is 5.72 Å². The molecule has 15 heavy (non-hydrogen) atoms.